The summed E-state index contributed by atoms with van der Waals surface area (Å²) in [5.74, 6) is 2.47. The van der Waals surface area contributed by atoms with Crippen LogP contribution in [-0.2, 0) is 22.6 Å². The second-order valence-corrected chi connectivity index (χ2v) is 7.19. The zero-order valence-corrected chi connectivity index (χ0v) is 17.8. The van der Waals surface area contributed by atoms with E-state index in [4.69, 9.17) is 18.5 Å². The van der Waals surface area contributed by atoms with Crippen LogP contribution in [0.5, 0.6) is 0 Å². The Morgan fingerprint density at radius 1 is 0.793 bits per heavy atom. The molecule has 2 atom stereocenters. The summed E-state index contributed by atoms with van der Waals surface area (Å²) < 4.78 is 21.8. The van der Waals surface area contributed by atoms with Gasteiger partial charge in [0.2, 0.25) is 11.8 Å². The van der Waals surface area contributed by atoms with Crippen molar-refractivity contribution in [3.8, 4) is 0 Å². The van der Waals surface area contributed by atoms with Crippen molar-refractivity contribution < 1.29 is 18.5 Å². The Bertz CT molecular complexity index is 676. The van der Waals surface area contributed by atoms with Crippen molar-refractivity contribution in [3.63, 3.8) is 0 Å². The fraction of sp³-hybridized carbons (Fsp3) is 0.789. The van der Waals surface area contributed by atoms with E-state index < -0.39 is 0 Å². The molecule has 162 valence electrons. The highest BCUT2D eigenvalue weighted by Crippen LogP contribution is 2.16. The van der Waals surface area contributed by atoms with Gasteiger partial charge in [0.15, 0.2) is 11.6 Å². The van der Waals surface area contributed by atoms with Crippen molar-refractivity contribution in [2.24, 2.45) is 0 Å². The first kappa shape index (κ1) is 21.8. The zero-order chi connectivity index (χ0) is 20.6. The van der Waals surface area contributed by atoms with Crippen LogP contribution in [0.15, 0.2) is 9.05 Å². The molecule has 1 aliphatic rings. The van der Waals surface area contributed by atoms with E-state index in [0.717, 1.165) is 32.6 Å². The van der Waals surface area contributed by atoms with Crippen molar-refractivity contribution >= 4 is 0 Å². The van der Waals surface area contributed by atoms with Crippen LogP contribution < -0.4 is 0 Å². The van der Waals surface area contributed by atoms with Crippen molar-refractivity contribution in [2.45, 2.75) is 59.4 Å². The molecule has 2 aromatic heterocycles. The molecule has 0 radical (unpaired) electrons. The summed E-state index contributed by atoms with van der Waals surface area (Å²) in [5, 5.41) is 8.08. The maximum Gasteiger partial charge on any atom is 0.240 e. The predicted molar refractivity (Wildman–Crippen MR) is 104 cm³/mol. The highest BCUT2D eigenvalue weighted by atomic mass is 16.5. The molecule has 0 spiro atoms. The molecule has 3 heterocycles. The standard InChI is InChI=1S/C19H32N6O4/c1-5-26-14(3)18-20-16(28-22-18)12-24-8-7-9-25(11-10-24)13-17-21-19(23-29-17)15(4)27-6-2/h14-15H,5-13H2,1-4H3. The molecule has 2 unspecified atom stereocenters. The van der Waals surface area contributed by atoms with E-state index in [1.165, 1.54) is 0 Å². The van der Waals surface area contributed by atoms with Crippen LogP contribution in [0, 0.1) is 0 Å². The first-order valence-electron chi connectivity index (χ1n) is 10.4. The molecule has 1 aliphatic heterocycles. The Hall–Kier alpha value is -1.88. The van der Waals surface area contributed by atoms with Gasteiger partial charge in [-0.1, -0.05) is 10.3 Å². The monoisotopic (exact) mass is 408 g/mol. The molecule has 0 amide bonds. The molecule has 0 N–H and O–H groups in total. The van der Waals surface area contributed by atoms with Gasteiger partial charge in [0.1, 0.15) is 12.2 Å². The molecule has 10 heteroatoms. The highest BCUT2D eigenvalue weighted by Gasteiger charge is 2.21. The predicted octanol–water partition coefficient (Wildman–Crippen LogP) is 2.36. The van der Waals surface area contributed by atoms with Gasteiger partial charge in [0.25, 0.3) is 0 Å². The van der Waals surface area contributed by atoms with Gasteiger partial charge in [-0.15, -0.1) is 0 Å². The van der Waals surface area contributed by atoms with Gasteiger partial charge in [-0.25, -0.2) is 0 Å². The van der Waals surface area contributed by atoms with E-state index in [0.29, 0.717) is 49.7 Å². The van der Waals surface area contributed by atoms with Gasteiger partial charge in [0.05, 0.1) is 13.1 Å². The molecule has 0 bridgehead atoms. The van der Waals surface area contributed by atoms with E-state index in [1.807, 2.05) is 27.7 Å². The number of rotatable bonds is 10. The quantitative estimate of drug-likeness (QED) is 0.582. The van der Waals surface area contributed by atoms with Crippen molar-refractivity contribution in [1.82, 2.24) is 30.1 Å². The fourth-order valence-electron chi connectivity index (χ4n) is 3.37. The summed E-state index contributed by atoms with van der Waals surface area (Å²) in [6.07, 6.45) is 0.746. The summed E-state index contributed by atoms with van der Waals surface area (Å²) in [4.78, 5) is 13.6. The lowest BCUT2D eigenvalue weighted by atomic mass is 10.3. The average molecular weight is 409 g/mol. The third kappa shape index (κ3) is 6.30. The topological polar surface area (TPSA) is 103 Å². The van der Waals surface area contributed by atoms with Crippen LogP contribution in [0.1, 0.15) is 69.8 Å². The molecule has 3 rings (SSSR count). The highest BCUT2D eigenvalue weighted by molar-refractivity contribution is 4.92. The minimum absolute atomic E-state index is 0.151. The van der Waals surface area contributed by atoms with E-state index in [2.05, 4.69) is 30.1 Å². The molecule has 1 saturated heterocycles. The Balaban J connectivity index is 1.48. The normalized spacial score (nSPS) is 18.6. The molecule has 1 fully saturated rings. The Kier molecular flexibility index (Phi) is 8.10. The molecule has 0 aromatic carbocycles. The van der Waals surface area contributed by atoms with Crippen molar-refractivity contribution in [1.29, 1.82) is 0 Å². The van der Waals surface area contributed by atoms with Crippen LogP contribution in [0.3, 0.4) is 0 Å². The third-order valence-corrected chi connectivity index (χ3v) is 4.93. The van der Waals surface area contributed by atoms with Gasteiger partial charge >= 0.3 is 0 Å². The molecule has 2 aromatic rings. The largest absolute Gasteiger partial charge is 0.371 e. The number of aromatic nitrogens is 4. The lowest BCUT2D eigenvalue weighted by Crippen LogP contribution is -2.30. The van der Waals surface area contributed by atoms with Crippen LogP contribution >= 0.6 is 0 Å². The van der Waals surface area contributed by atoms with E-state index >= 15 is 0 Å². The molecule has 10 nitrogen and oxygen atoms in total. The number of hydrogen-bond donors (Lipinski definition) is 0. The fourth-order valence-corrected chi connectivity index (χ4v) is 3.37. The first-order chi connectivity index (χ1) is 14.1. The molecule has 0 saturated carbocycles. The van der Waals surface area contributed by atoms with Crippen molar-refractivity contribution in [3.05, 3.63) is 23.4 Å². The van der Waals surface area contributed by atoms with Crippen LogP contribution in [0.4, 0.5) is 0 Å². The van der Waals surface area contributed by atoms with Gasteiger partial charge in [-0.3, -0.25) is 9.80 Å². The van der Waals surface area contributed by atoms with Gasteiger partial charge in [-0.2, -0.15) is 9.97 Å². The molecular weight excluding hydrogens is 376 g/mol. The second-order valence-electron chi connectivity index (χ2n) is 7.19. The Morgan fingerprint density at radius 3 is 1.66 bits per heavy atom. The minimum Gasteiger partial charge on any atom is -0.371 e. The van der Waals surface area contributed by atoms with E-state index in [9.17, 15) is 0 Å². The summed E-state index contributed by atoms with van der Waals surface area (Å²) in [6, 6.07) is 0. The minimum atomic E-state index is -0.151. The lowest BCUT2D eigenvalue weighted by Gasteiger charge is -2.19. The summed E-state index contributed by atoms with van der Waals surface area (Å²) in [6.45, 7) is 14.1. The smallest absolute Gasteiger partial charge is 0.240 e. The van der Waals surface area contributed by atoms with Gasteiger partial charge in [0, 0.05) is 26.3 Å². The summed E-state index contributed by atoms with van der Waals surface area (Å²) in [5.41, 5.74) is 0. The zero-order valence-electron chi connectivity index (χ0n) is 17.8. The third-order valence-electron chi connectivity index (χ3n) is 4.93. The van der Waals surface area contributed by atoms with Crippen LogP contribution in [0.2, 0.25) is 0 Å². The number of nitrogens with zero attached hydrogens (tertiary/aromatic N) is 6. The van der Waals surface area contributed by atoms with Gasteiger partial charge < -0.3 is 18.5 Å². The van der Waals surface area contributed by atoms with E-state index in [-0.39, 0.29) is 12.2 Å². The van der Waals surface area contributed by atoms with Crippen LogP contribution in [-0.4, -0.2) is 69.5 Å². The average Bonchev–Trinajstić information content (AvgIpc) is 3.30. The van der Waals surface area contributed by atoms with Crippen molar-refractivity contribution in [2.75, 3.05) is 39.4 Å². The molecule has 0 aliphatic carbocycles. The summed E-state index contributed by atoms with van der Waals surface area (Å²) in [7, 11) is 0. The Morgan fingerprint density at radius 2 is 1.24 bits per heavy atom. The maximum absolute atomic E-state index is 5.52. The number of hydrogen-bond acceptors (Lipinski definition) is 10. The van der Waals surface area contributed by atoms with E-state index in [1.54, 1.807) is 0 Å². The number of ether oxygens (including phenoxy) is 2. The molecule has 29 heavy (non-hydrogen) atoms. The molecular formula is C19H32N6O4. The Labute approximate surface area is 171 Å². The van der Waals surface area contributed by atoms with Gasteiger partial charge in [-0.05, 0) is 47.2 Å². The summed E-state index contributed by atoms with van der Waals surface area (Å²) >= 11 is 0. The first-order valence-corrected chi connectivity index (χ1v) is 10.4. The maximum atomic E-state index is 5.52. The lowest BCUT2D eigenvalue weighted by molar-refractivity contribution is 0.0681. The SMILES string of the molecule is CCOC(C)c1noc(CN2CCCN(Cc3nc(C(C)OCC)no3)CC2)n1. The van der Waals surface area contributed by atoms with Crippen LogP contribution in [0.25, 0.3) is 0 Å². The second kappa shape index (κ2) is 10.8.